The van der Waals surface area contributed by atoms with Gasteiger partial charge < -0.3 is 10.6 Å². The molecule has 3 nitrogen and oxygen atoms in total. The predicted octanol–water partition coefficient (Wildman–Crippen LogP) is 3.60. The second-order valence-corrected chi connectivity index (χ2v) is 4.56. The van der Waals surface area contributed by atoms with E-state index in [1.165, 1.54) is 12.1 Å². The van der Waals surface area contributed by atoms with Gasteiger partial charge in [0.2, 0.25) is 0 Å². The summed E-state index contributed by atoms with van der Waals surface area (Å²) >= 11 is 0. The van der Waals surface area contributed by atoms with Gasteiger partial charge in [-0.3, -0.25) is 4.79 Å². The second kappa shape index (κ2) is 6.83. The molecule has 110 valence electrons. The summed E-state index contributed by atoms with van der Waals surface area (Å²) in [5.74, 6) is -0.168. The molecular formula is C16H16F2N2O. The number of carbonyl (C=O) groups is 1. The maximum atomic E-state index is 12.6. The fraction of sp³-hybridized carbons (Fsp3) is 0.188. The summed E-state index contributed by atoms with van der Waals surface area (Å²) in [5, 5.41) is 5.67. The number of benzene rings is 2. The van der Waals surface area contributed by atoms with E-state index in [-0.39, 0.29) is 11.5 Å². The van der Waals surface area contributed by atoms with Crippen LogP contribution >= 0.6 is 0 Å². The third-order valence-electron chi connectivity index (χ3n) is 3.05. The van der Waals surface area contributed by atoms with Crippen molar-refractivity contribution in [3.8, 4) is 0 Å². The van der Waals surface area contributed by atoms with Gasteiger partial charge in [0, 0.05) is 30.4 Å². The quantitative estimate of drug-likeness (QED) is 0.883. The summed E-state index contributed by atoms with van der Waals surface area (Å²) in [7, 11) is 1.57. The zero-order valence-corrected chi connectivity index (χ0v) is 11.6. The molecule has 2 N–H and O–H groups in total. The van der Waals surface area contributed by atoms with Crippen LogP contribution < -0.4 is 10.6 Å². The highest BCUT2D eigenvalue weighted by atomic mass is 19.3. The molecule has 5 heteroatoms. The van der Waals surface area contributed by atoms with Gasteiger partial charge in [-0.25, -0.2) is 8.78 Å². The Balaban J connectivity index is 2.06. The van der Waals surface area contributed by atoms with E-state index in [2.05, 4.69) is 10.6 Å². The topological polar surface area (TPSA) is 41.1 Å². The Bertz CT molecular complexity index is 629. The number of halogens is 2. The Labute approximate surface area is 122 Å². The first kappa shape index (κ1) is 15.0. The van der Waals surface area contributed by atoms with Crippen LogP contribution in [0, 0.1) is 0 Å². The summed E-state index contributed by atoms with van der Waals surface area (Å²) in [6.07, 6.45) is -2.47. The molecule has 0 atom stereocenters. The van der Waals surface area contributed by atoms with E-state index in [9.17, 15) is 13.6 Å². The van der Waals surface area contributed by atoms with Crippen molar-refractivity contribution in [2.75, 3.05) is 12.4 Å². The Morgan fingerprint density at radius 2 is 1.90 bits per heavy atom. The van der Waals surface area contributed by atoms with Gasteiger partial charge in [0.25, 0.3) is 12.3 Å². The third-order valence-corrected chi connectivity index (χ3v) is 3.05. The first-order valence-electron chi connectivity index (χ1n) is 6.53. The Morgan fingerprint density at radius 3 is 2.62 bits per heavy atom. The highest BCUT2D eigenvalue weighted by molar-refractivity contribution is 5.94. The van der Waals surface area contributed by atoms with E-state index in [0.717, 1.165) is 11.3 Å². The second-order valence-electron chi connectivity index (χ2n) is 4.56. The first-order valence-corrected chi connectivity index (χ1v) is 6.53. The number of alkyl halides is 2. The number of hydrogen-bond donors (Lipinski definition) is 2. The first-order chi connectivity index (χ1) is 10.1. The van der Waals surface area contributed by atoms with Crippen LogP contribution in [0.3, 0.4) is 0 Å². The number of anilines is 1. The molecule has 0 saturated heterocycles. The molecule has 0 aliphatic heterocycles. The number of rotatable bonds is 5. The molecule has 0 radical (unpaired) electrons. The van der Waals surface area contributed by atoms with Gasteiger partial charge in [0.1, 0.15) is 0 Å². The molecule has 2 rings (SSSR count). The maximum Gasteiger partial charge on any atom is 0.263 e. The minimum Gasteiger partial charge on any atom is -0.381 e. The summed E-state index contributed by atoms with van der Waals surface area (Å²) in [6.45, 7) is 0.414. The van der Waals surface area contributed by atoms with Crippen LogP contribution in [0.25, 0.3) is 0 Å². The van der Waals surface area contributed by atoms with Crippen LogP contribution in [-0.2, 0) is 6.54 Å². The van der Waals surface area contributed by atoms with Crippen LogP contribution in [0.15, 0.2) is 48.5 Å². The van der Waals surface area contributed by atoms with Crippen molar-refractivity contribution in [2.24, 2.45) is 0 Å². The molecule has 2 aromatic rings. The molecule has 0 unspecified atom stereocenters. The van der Waals surface area contributed by atoms with Gasteiger partial charge in [0.05, 0.1) is 0 Å². The number of amides is 1. The average Bonchev–Trinajstić information content (AvgIpc) is 2.52. The number of hydrogen-bond acceptors (Lipinski definition) is 2. The minimum atomic E-state index is -2.47. The van der Waals surface area contributed by atoms with Gasteiger partial charge >= 0.3 is 0 Å². The summed E-state index contributed by atoms with van der Waals surface area (Å²) in [6, 6.07) is 13.3. The SMILES string of the molecule is CNC(=O)c1cccc(NCc2cccc(C(F)F)c2)c1. The van der Waals surface area contributed by atoms with Crippen LogP contribution in [0.2, 0.25) is 0 Å². The molecule has 0 saturated carbocycles. The van der Waals surface area contributed by atoms with E-state index < -0.39 is 6.43 Å². The van der Waals surface area contributed by atoms with Crippen molar-refractivity contribution in [3.05, 3.63) is 65.2 Å². The fourth-order valence-electron chi connectivity index (χ4n) is 1.96. The van der Waals surface area contributed by atoms with Crippen molar-refractivity contribution in [1.82, 2.24) is 5.32 Å². The van der Waals surface area contributed by atoms with Crippen LogP contribution in [0.1, 0.15) is 27.9 Å². The molecular weight excluding hydrogens is 274 g/mol. The van der Waals surface area contributed by atoms with Gasteiger partial charge in [0.15, 0.2) is 0 Å². The lowest BCUT2D eigenvalue weighted by atomic mass is 10.1. The lowest BCUT2D eigenvalue weighted by Gasteiger charge is -2.09. The number of nitrogens with one attached hydrogen (secondary N) is 2. The smallest absolute Gasteiger partial charge is 0.263 e. The maximum absolute atomic E-state index is 12.6. The highest BCUT2D eigenvalue weighted by Gasteiger charge is 2.07. The van der Waals surface area contributed by atoms with Gasteiger partial charge in [-0.05, 0) is 29.8 Å². The third kappa shape index (κ3) is 4.02. The van der Waals surface area contributed by atoms with Crippen molar-refractivity contribution in [3.63, 3.8) is 0 Å². The molecule has 2 aromatic carbocycles. The molecule has 0 aromatic heterocycles. The Morgan fingerprint density at radius 1 is 1.14 bits per heavy atom. The van der Waals surface area contributed by atoms with E-state index in [1.807, 2.05) is 6.07 Å². The van der Waals surface area contributed by atoms with Crippen molar-refractivity contribution >= 4 is 11.6 Å². The predicted molar refractivity (Wildman–Crippen MR) is 78.6 cm³/mol. The minimum absolute atomic E-state index is 0.00779. The summed E-state index contributed by atoms with van der Waals surface area (Å²) < 4.78 is 25.3. The van der Waals surface area contributed by atoms with Crippen LogP contribution in [0.5, 0.6) is 0 Å². The van der Waals surface area contributed by atoms with E-state index in [0.29, 0.717) is 12.1 Å². The zero-order valence-electron chi connectivity index (χ0n) is 11.6. The molecule has 0 fully saturated rings. The molecule has 0 aliphatic carbocycles. The molecule has 0 heterocycles. The van der Waals surface area contributed by atoms with E-state index in [4.69, 9.17) is 0 Å². The number of carbonyl (C=O) groups excluding carboxylic acids is 1. The largest absolute Gasteiger partial charge is 0.381 e. The fourth-order valence-corrected chi connectivity index (χ4v) is 1.96. The van der Waals surface area contributed by atoms with Gasteiger partial charge in [-0.2, -0.15) is 0 Å². The van der Waals surface area contributed by atoms with Crippen LogP contribution in [0.4, 0.5) is 14.5 Å². The van der Waals surface area contributed by atoms with Crippen molar-refractivity contribution in [1.29, 1.82) is 0 Å². The Hall–Kier alpha value is -2.43. The summed E-state index contributed by atoms with van der Waals surface area (Å²) in [5.41, 5.74) is 2.08. The van der Waals surface area contributed by atoms with Gasteiger partial charge in [-0.15, -0.1) is 0 Å². The molecule has 21 heavy (non-hydrogen) atoms. The lowest BCUT2D eigenvalue weighted by molar-refractivity contribution is 0.0963. The monoisotopic (exact) mass is 290 g/mol. The molecule has 0 bridgehead atoms. The Kier molecular flexibility index (Phi) is 4.87. The van der Waals surface area contributed by atoms with E-state index in [1.54, 1.807) is 37.4 Å². The zero-order chi connectivity index (χ0) is 15.2. The average molecular weight is 290 g/mol. The van der Waals surface area contributed by atoms with Crippen LogP contribution in [-0.4, -0.2) is 13.0 Å². The molecule has 0 spiro atoms. The lowest BCUT2D eigenvalue weighted by Crippen LogP contribution is -2.17. The highest BCUT2D eigenvalue weighted by Crippen LogP contribution is 2.20. The van der Waals surface area contributed by atoms with Crippen molar-refractivity contribution < 1.29 is 13.6 Å². The molecule has 0 aliphatic rings. The van der Waals surface area contributed by atoms with E-state index >= 15 is 0 Å². The molecule has 1 amide bonds. The normalized spacial score (nSPS) is 10.5. The van der Waals surface area contributed by atoms with Crippen molar-refractivity contribution in [2.45, 2.75) is 13.0 Å². The summed E-state index contributed by atoms with van der Waals surface area (Å²) in [4.78, 5) is 11.5. The van der Waals surface area contributed by atoms with Gasteiger partial charge in [-0.1, -0.05) is 24.3 Å². The standard InChI is InChI=1S/C16H16F2N2O/c1-19-16(21)13-6-3-7-14(9-13)20-10-11-4-2-5-12(8-11)15(17)18/h2-9,15,20H,10H2,1H3,(H,19,21).